The Balaban J connectivity index is 1.34. The Kier molecular flexibility index (Phi) is 5.41. The van der Waals surface area contributed by atoms with Gasteiger partial charge >= 0.3 is 0 Å². The minimum Gasteiger partial charge on any atom is -0.352 e. The van der Waals surface area contributed by atoms with Crippen LogP contribution in [0.2, 0.25) is 0 Å². The second-order valence-electron chi connectivity index (χ2n) is 11.3. The van der Waals surface area contributed by atoms with E-state index in [1.54, 1.807) is 24.1 Å². The van der Waals surface area contributed by atoms with E-state index in [2.05, 4.69) is 19.2 Å². The molecule has 1 aliphatic heterocycles. The van der Waals surface area contributed by atoms with Crippen molar-refractivity contribution in [3.63, 3.8) is 0 Å². The molecule has 0 aromatic heterocycles. The van der Waals surface area contributed by atoms with Gasteiger partial charge in [0.2, 0.25) is 5.91 Å². The number of carbonyl (C=O) groups excluding carboxylic acids is 2. The summed E-state index contributed by atoms with van der Waals surface area (Å²) in [4.78, 5) is 27.1. The van der Waals surface area contributed by atoms with Gasteiger partial charge in [-0.25, -0.2) is 8.78 Å². The predicted molar refractivity (Wildman–Crippen MR) is 122 cm³/mol. The van der Waals surface area contributed by atoms with E-state index in [0.29, 0.717) is 24.3 Å². The summed E-state index contributed by atoms with van der Waals surface area (Å²) in [6, 6.07) is 6.40. The summed E-state index contributed by atoms with van der Waals surface area (Å²) >= 11 is 0. The van der Waals surface area contributed by atoms with E-state index < -0.39 is 11.7 Å². The molecule has 3 saturated carbocycles. The Bertz CT molecular complexity index is 1010. The van der Waals surface area contributed by atoms with E-state index >= 15 is 0 Å². The van der Waals surface area contributed by atoms with Crippen LogP contribution < -0.4 is 5.32 Å². The van der Waals surface area contributed by atoms with Gasteiger partial charge in [-0.05, 0) is 85.5 Å². The molecule has 1 aromatic rings. The van der Waals surface area contributed by atoms with Gasteiger partial charge in [-0.2, -0.15) is 0 Å². The Morgan fingerprint density at radius 3 is 2.67 bits per heavy atom. The molecule has 3 aliphatic carbocycles. The highest BCUT2D eigenvalue weighted by Crippen LogP contribution is 2.65. The summed E-state index contributed by atoms with van der Waals surface area (Å²) in [5.41, 5.74) is 0.340. The van der Waals surface area contributed by atoms with Crippen molar-refractivity contribution >= 4 is 11.8 Å². The van der Waals surface area contributed by atoms with Gasteiger partial charge in [0.25, 0.3) is 5.91 Å². The highest BCUT2D eigenvalue weighted by Gasteiger charge is 2.62. The monoisotopic (exact) mass is 456 g/mol. The van der Waals surface area contributed by atoms with Crippen molar-refractivity contribution in [1.82, 2.24) is 10.2 Å². The number of nitrogens with one attached hydrogen (secondary N) is 1. The first kappa shape index (κ1) is 22.5. The summed E-state index contributed by atoms with van der Waals surface area (Å²) in [5, 5.41) is 3.06. The molecule has 0 saturated heterocycles. The number of nitrogens with zero attached hydrogens (tertiary/aromatic N) is 1. The molecule has 4 aliphatic rings. The number of hydrogen-bond acceptors (Lipinski definition) is 2. The fourth-order valence-corrected chi connectivity index (χ4v) is 8.22. The van der Waals surface area contributed by atoms with Crippen LogP contribution in [0.25, 0.3) is 0 Å². The molecule has 0 spiro atoms. The molecule has 0 bridgehead atoms. The maximum atomic E-state index is 14.6. The van der Waals surface area contributed by atoms with Gasteiger partial charge in [0.05, 0.1) is 0 Å². The van der Waals surface area contributed by atoms with E-state index in [1.807, 2.05) is 6.07 Å². The standard InChI is InChI=1S/C27H34F2N2O2/c1-26-12-11-20-18(7-10-23-27(20,2)14-22(29)25(33)31(23)3)19(26)8-9-21(26)24(32)30-15-16-5-4-6-17(28)13-16/h4-6,13-14,18-21,23H,7-12,15H2,1-3H3,(H,30,32)/t18?,19-,20?,21+,23+,26-,27+/m0/s1. The molecule has 1 N–H and O–H groups in total. The zero-order valence-corrected chi connectivity index (χ0v) is 19.7. The van der Waals surface area contributed by atoms with Crippen molar-refractivity contribution in [3.8, 4) is 0 Å². The van der Waals surface area contributed by atoms with Crippen LogP contribution in [0.5, 0.6) is 0 Å². The van der Waals surface area contributed by atoms with Gasteiger partial charge < -0.3 is 10.2 Å². The molecule has 178 valence electrons. The van der Waals surface area contributed by atoms with Gasteiger partial charge in [-0.15, -0.1) is 0 Å². The third kappa shape index (κ3) is 3.43. The molecule has 6 heteroatoms. The lowest BCUT2D eigenvalue weighted by molar-refractivity contribution is -0.145. The zero-order valence-electron chi connectivity index (χ0n) is 19.7. The number of hydrogen-bond donors (Lipinski definition) is 1. The van der Waals surface area contributed by atoms with Crippen LogP contribution >= 0.6 is 0 Å². The molecule has 1 heterocycles. The van der Waals surface area contributed by atoms with E-state index in [9.17, 15) is 18.4 Å². The molecular weight excluding hydrogens is 422 g/mol. The Hall–Kier alpha value is -2.24. The van der Waals surface area contributed by atoms with Crippen LogP contribution in [0.3, 0.4) is 0 Å². The van der Waals surface area contributed by atoms with E-state index in [1.165, 1.54) is 12.1 Å². The minimum absolute atomic E-state index is 0.0434. The van der Waals surface area contributed by atoms with Gasteiger partial charge in [0.15, 0.2) is 5.83 Å². The SMILES string of the molecule is CN1C(=O)C(F)=C[C@]2(C)C3CC[C@]4(C)[C@@H](C(=O)NCc5cccc(F)c5)CC[C@H]4C3CC[C@@H]12. The summed E-state index contributed by atoms with van der Waals surface area (Å²) in [7, 11) is 1.74. The summed E-state index contributed by atoms with van der Waals surface area (Å²) < 4.78 is 28.0. The summed E-state index contributed by atoms with van der Waals surface area (Å²) in [6.45, 7) is 4.75. The molecule has 4 nitrogen and oxygen atoms in total. The van der Waals surface area contributed by atoms with Crippen LogP contribution in [0.4, 0.5) is 8.78 Å². The summed E-state index contributed by atoms with van der Waals surface area (Å²) in [6.07, 6.45) is 7.29. The lowest BCUT2D eigenvalue weighted by atomic mass is 9.47. The maximum absolute atomic E-state index is 14.6. The Morgan fingerprint density at radius 2 is 1.91 bits per heavy atom. The maximum Gasteiger partial charge on any atom is 0.282 e. The van der Waals surface area contributed by atoms with Crippen LogP contribution in [-0.2, 0) is 16.1 Å². The zero-order chi connectivity index (χ0) is 23.5. The van der Waals surface area contributed by atoms with Crippen molar-refractivity contribution < 1.29 is 18.4 Å². The molecule has 0 radical (unpaired) electrons. The molecule has 7 atom stereocenters. The molecule has 2 unspecified atom stereocenters. The normalized spacial score (nSPS) is 39.9. The van der Waals surface area contributed by atoms with Gasteiger partial charge in [-0.1, -0.05) is 26.0 Å². The second-order valence-corrected chi connectivity index (χ2v) is 11.3. The lowest BCUT2D eigenvalue weighted by Gasteiger charge is -2.60. The molecular formula is C27H34F2N2O2. The fourth-order valence-electron chi connectivity index (χ4n) is 8.22. The smallest absolute Gasteiger partial charge is 0.282 e. The number of likely N-dealkylation sites (N-methyl/N-ethyl adjacent to an activating group) is 1. The van der Waals surface area contributed by atoms with Crippen molar-refractivity contribution in [2.45, 2.75) is 65.0 Å². The first-order valence-corrected chi connectivity index (χ1v) is 12.3. The molecule has 1 aromatic carbocycles. The number of benzene rings is 1. The average molecular weight is 457 g/mol. The Labute approximate surface area is 194 Å². The highest BCUT2D eigenvalue weighted by atomic mass is 19.1. The average Bonchev–Trinajstić information content (AvgIpc) is 3.13. The first-order chi connectivity index (χ1) is 15.6. The quantitative estimate of drug-likeness (QED) is 0.696. The van der Waals surface area contributed by atoms with Gasteiger partial charge in [0.1, 0.15) is 5.82 Å². The number of halogens is 2. The van der Waals surface area contributed by atoms with Crippen LogP contribution in [-0.4, -0.2) is 29.8 Å². The second kappa shape index (κ2) is 7.92. The van der Waals surface area contributed by atoms with Crippen LogP contribution in [0, 0.1) is 40.3 Å². The first-order valence-electron chi connectivity index (χ1n) is 12.3. The van der Waals surface area contributed by atoms with Gasteiger partial charge in [0, 0.05) is 31.0 Å². The molecule has 33 heavy (non-hydrogen) atoms. The van der Waals surface area contributed by atoms with Crippen LogP contribution in [0.1, 0.15) is 57.9 Å². The molecule has 5 rings (SSSR count). The molecule has 3 fully saturated rings. The predicted octanol–water partition coefficient (Wildman–Crippen LogP) is 4.99. The third-order valence-corrected chi connectivity index (χ3v) is 9.83. The number of amides is 2. The highest BCUT2D eigenvalue weighted by molar-refractivity contribution is 5.92. The number of carbonyl (C=O) groups is 2. The third-order valence-electron chi connectivity index (χ3n) is 9.83. The van der Waals surface area contributed by atoms with Crippen LogP contribution in [0.15, 0.2) is 36.2 Å². The number of fused-ring (bicyclic) bond motifs is 5. The van der Waals surface area contributed by atoms with E-state index in [-0.39, 0.29) is 34.5 Å². The van der Waals surface area contributed by atoms with Gasteiger partial charge in [-0.3, -0.25) is 9.59 Å². The van der Waals surface area contributed by atoms with Crippen molar-refractivity contribution in [2.75, 3.05) is 7.05 Å². The van der Waals surface area contributed by atoms with Crippen molar-refractivity contribution in [2.24, 2.45) is 34.5 Å². The van der Waals surface area contributed by atoms with E-state index in [4.69, 9.17) is 0 Å². The summed E-state index contributed by atoms with van der Waals surface area (Å²) in [5.74, 6) is -0.196. The lowest BCUT2D eigenvalue weighted by Crippen LogP contribution is -2.60. The van der Waals surface area contributed by atoms with Crippen molar-refractivity contribution in [1.29, 1.82) is 0 Å². The molecule has 2 amide bonds. The number of rotatable bonds is 3. The minimum atomic E-state index is -0.619. The Morgan fingerprint density at radius 1 is 1.12 bits per heavy atom. The largest absolute Gasteiger partial charge is 0.352 e. The topological polar surface area (TPSA) is 49.4 Å². The van der Waals surface area contributed by atoms with Crippen molar-refractivity contribution in [3.05, 3.63) is 47.5 Å². The van der Waals surface area contributed by atoms with E-state index in [0.717, 1.165) is 44.1 Å². The fraction of sp³-hybridized carbons (Fsp3) is 0.630.